The van der Waals surface area contributed by atoms with Gasteiger partial charge in [-0.3, -0.25) is 9.78 Å². The van der Waals surface area contributed by atoms with E-state index in [4.69, 9.17) is 10.5 Å². The van der Waals surface area contributed by atoms with E-state index in [1.54, 1.807) is 18.5 Å². The Balaban J connectivity index is 1.60. The molecule has 31 heavy (non-hydrogen) atoms. The second-order valence-corrected chi connectivity index (χ2v) is 7.76. The average Bonchev–Trinajstić information content (AvgIpc) is 2.78. The van der Waals surface area contributed by atoms with Crippen LogP contribution in [-0.2, 0) is 4.74 Å². The number of rotatable bonds is 4. The topological polar surface area (TPSA) is 123 Å². The van der Waals surface area contributed by atoms with Gasteiger partial charge in [0.2, 0.25) is 0 Å². The molecule has 0 unspecified atom stereocenters. The third-order valence-electron chi connectivity index (χ3n) is 5.72. The number of benzene rings is 1. The molecule has 1 aliphatic rings. The molecule has 3 heterocycles. The maximum Gasteiger partial charge on any atom is 0.278 e. The van der Waals surface area contributed by atoms with E-state index in [9.17, 15) is 9.90 Å². The smallest absolute Gasteiger partial charge is 0.278 e. The minimum Gasteiger partial charge on any atom is -0.393 e. The fourth-order valence-corrected chi connectivity index (χ4v) is 3.67. The van der Waals surface area contributed by atoms with Gasteiger partial charge in [-0.15, -0.1) is 0 Å². The molecule has 0 aliphatic carbocycles. The number of aromatic nitrogens is 3. The number of hydrogen-bond acceptors (Lipinski definition) is 7. The van der Waals surface area contributed by atoms with Crippen LogP contribution in [0.2, 0.25) is 0 Å². The molecule has 1 aliphatic heterocycles. The summed E-state index contributed by atoms with van der Waals surface area (Å²) in [5, 5.41) is 13.2. The van der Waals surface area contributed by atoms with Gasteiger partial charge in [0.05, 0.1) is 42.1 Å². The average molecular weight is 419 g/mol. The second kappa shape index (κ2) is 8.79. The van der Waals surface area contributed by atoms with Crippen LogP contribution in [-0.4, -0.2) is 38.2 Å². The highest BCUT2D eigenvalue weighted by Gasteiger charge is 2.34. The molecule has 2 aromatic heterocycles. The summed E-state index contributed by atoms with van der Waals surface area (Å²) in [4.78, 5) is 25.7. The zero-order valence-electron chi connectivity index (χ0n) is 17.4. The molecule has 4 N–H and O–H groups in total. The van der Waals surface area contributed by atoms with Crippen molar-refractivity contribution in [2.75, 3.05) is 11.1 Å². The van der Waals surface area contributed by atoms with Crippen LogP contribution in [0.25, 0.3) is 11.3 Å². The van der Waals surface area contributed by atoms with E-state index >= 15 is 0 Å². The van der Waals surface area contributed by atoms with Crippen molar-refractivity contribution in [2.24, 2.45) is 5.92 Å². The van der Waals surface area contributed by atoms with E-state index < -0.39 is 12.0 Å². The molecule has 1 aromatic carbocycles. The standard InChI is InChI=1S/C23H25N5O3/c1-13-14(2)31-20(10-19(13)29)16-8-9-25-11-18(16)28-23(30)21-22(24)26-12-17(27-21)15-6-4-3-5-7-15/h3-9,11-14,19-20,29H,10H2,1-2H3,(H2,24,26)(H,28,30)/t13-,14+,19+,20+/m0/s1. The minimum atomic E-state index is -0.491. The normalized spacial score (nSPS) is 23.3. The largest absolute Gasteiger partial charge is 0.393 e. The van der Waals surface area contributed by atoms with Crippen molar-refractivity contribution in [2.45, 2.75) is 38.6 Å². The van der Waals surface area contributed by atoms with Crippen molar-refractivity contribution in [3.05, 3.63) is 66.2 Å². The minimum absolute atomic E-state index is 0.0303. The number of anilines is 2. The third-order valence-corrected chi connectivity index (χ3v) is 5.72. The lowest BCUT2D eigenvalue weighted by Crippen LogP contribution is -2.38. The maximum absolute atomic E-state index is 13.0. The van der Waals surface area contributed by atoms with Gasteiger partial charge >= 0.3 is 0 Å². The van der Waals surface area contributed by atoms with Gasteiger partial charge in [0, 0.05) is 29.7 Å². The highest BCUT2D eigenvalue weighted by molar-refractivity contribution is 6.06. The zero-order chi connectivity index (χ0) is 22.0. The number of pyridine rings is 1. The molecule has 160 valence electrons. The number of aliphatic hydroxyl groups excluding tert-OH is 1. The number of ether oxygens (including phenoxy) is 1. The highest BCUT2D eigenvalue weighted by Crippen LogP contribution is 2.37. The van der Waals surface area contributed by atoms with Gasteiger partial charge < -0.3 is 20.9 Å². The molecule has 0 spiro atoms. The molecule has 0 bridgehead atoms. The second-order valence-electron chi connectivity index (χ2n) is 7.76. The fraction of sp³-hybridized carbons (Fsp3) is 0.304. The van der Waals surface area contributed by atoms with Crippen LogP contribution in [0.3, 0.4) is 0 Å². The molecular weight excluding hydrogens is 394 g/mol. The Morgan fingerprint density at radius 1 is 1.19 bits per heavy atom. The Bertz CT molecular complexity index is 1060. The quantitative estimate of drug-likeness (QED) is 0.593. The van der Waals surface area contributed by atoms with Gasteiger partial charge in [-0.2, -0.15) is 0 Å². The van der Waals surface area contributed by atoms with E-state index in [1.165, 1.54) is 6.20 Å². The van der Waals surface area contributed by atoms with Gasteiger partial charge in [0.1, 0.15) is 0 Å². The molecule has 4 atom stereocenters. The summed E-state index contributed by atoms with van der Waals surface area (Å²) in [5.41, 5.74) is 8.58. The number of nitrogens with zero attached hydrogens (tertiary/aromatic N) is 3. The van der Waals surface area contributed by atoms with Crippen LogP contribution in [0.15, 0.2) is 55.0 Å². The van der Waals surface area contributed by atoms with Gasteiger partial charge in [-0.1, -0.05) is 37.3 Å². The van der Waals surface area contributed by atoms with Gasteiger partial charge in [-0.25, -0.2) is 9.97 Å². The Labute approximate surface area is 180 Å². The molecule has 3 aromatic rings. The van der Waals surface area contributed by atoms with Crippen LogP contribution in [0.4, 0.5) is 11.5 Å². The maximum atomic E-state index is 13.0. The Morgan fingerprint density at radius 2 is 1.97 bits per heavy atom. The van der Waals surface area contributed by atoms with Gasteiger partial charge in [0.15, 0.2) is 11.5 Å². The van der Waals surface area contributed by atoms with Gasteiger partial charge in [0.25, 0.3) is 5.91 Å². The van der Waals surface area contributed by atoms with Crippen molar-refractivity contribution in [1.29, 1.82) is 0 Å². The summed E-state index contributed by atoms with van der Waals surface area (Å²) in [6, 6.07) is 11.2. The van der Waals surface area contributed by atoms with E-state index in [2.05, 4.69) is 20.3 Å². The number of hydrogen-bond donors (Lipinski definition) is 3. The molecule has 1 saturated heterocycles. The van der Waals surface area contributed by atoms with E-state index in [0.29, 0.717) is 17.8 Å². The molecule has 1 amide bonds. The highest BCUT2D eigenvalue weighted by atomic mass is 16.5. The number of carbonyl (C=O) groups excluding carboxylic acids is 1. The molecular formula is C23H25N5O3. The summed E-state index contributed by atoms with van der Waals surface area (Å²) >= 11 is 0. The predicted molar refractivity (Wildman–Crippen MR) is 117 cm³/mol. The molecule has 0 saturated carbocycles. The van der Waals surface area contributed by atoms with Gasteiger partial charge in [-0.05, 0) is 13.0 Å². The number of nitrogens with two attached hydrogens (primary N) is 1. The van der Waals surface area contributed by atoms with Crippen LogP contribution in [0, 0.1) is 5.92 Å². The fourth-order valence-electron chi connectivity index (χ4n) is 3.67. The number of carbonyl (C=O) groups is 1. The van der Waals surface area contributed by atoms with Crippen LogP contribution < -0.4 is 11.1 Å². The molecule has 8 heteroatoms. The van der Waals surface area contributed by atoms with E-state index in [-0.39, 0.29) is 29.6 Å². The lowest BCUT2D eigenvalue weighted by Gasteiger charge is -2.37. The SMILES string of the molecule is C[C@@H]1[C@H](O)C[C@H](c2ccncc2NC(=O)c2nc(-c3ccccc3)cnc2N)O[C@@H]1C. The molecule has 1 fully saturated rings. The number of amides is 1. The summed E-state index contributed by atoms with van der Waals surface area (Å²) in [6.45, 7) is 3.90. The Hall–Kier alpha value is -3.36. The summed E-state index contributed by atoms with van der Waals surface area (Å²) in [7, 11) is 0. The summed E-state index contributed by atoms with van der Waals surface area (Å²) < 4.78 is 6.09. The molecule has 4 rings (SSSR count). The first-order valence-electron chi connectivity index (χ1n) is 10.2. The van der Waals surface area contributed by atoms with Crippen LogP contribution >= 0.6 is 0 Å². The third kappa shape index (κ3) is 4.40. The molecule has 8 nitrogen and oxygen atoms in total. The van der Waals surface area contributed by atoms with E-state index in [1.807, 2.05) is 44.2 Å². The first kappa shape index (κ1) is 20.9. The Kier molecular flexibility index (Phi) is 5.92. The predicted octanol–water partition coefficient (Wildman–Crippen LogP) is 3.22. The number of nitrogens with one attached hydrogen (secondary N) is 1. The Morgan fingerprint density at radius 3 is 2.71 bits per heavy atom. The lowest BCUT2D eigenvalue weighted by molar-refractivity contribution is -0.124. The zero-order valence-corrected chi connectivity index (χ0v) is 17.4. The van der Waals surface area contributed by atoms with Crippen molar-refractivity contribution in [1.82, 2.24) is 15.0 Å². The van der Waals surface area contributed by atoms with Crippen LogP contribution in [0.5, 0.6) is 0 Å². The van der Waals surface area contributed by atoms with E-state index in [0.717, 1.165) is 11.1 Å². The first-order valence-corrected chi connectivity index (χ1v) is 10.2. The van der Waals surface area contributed by atoms with Crippen molar-refractivity contribution < 1.29 is 14.6 Å². The summed E-state index contributed by atoms with van der Waals surface area (Å²) in [5.74, 6) is -0.420. The van der Waals surface area contributed by atoms with Crippen LogP contribution in [0.1, 0.15) is 42.4 Å². The van der Waals surface area contributed by atoms with Crippen molar-refractivity contribution >= 4 is 17.4 Å². The number of aliphatic hydroxyl groups is 1. The number of nitrogen functional groups attached to an aromatic ring is 1. The molecule has 0 radical (unpaired) electrons. The first-order chi connectivity index (χ1) is 14.9. The van der Waals surface area contributed by atoms with Crippen molar-refractivity contribution in [3.8, 4) is 11.3 Å². The lowest BCUT2D eigenvalue weighted by atomic mass is 9.88. The summed E-state index contributed by atoms with van der Waals surface area (Å²) in [6.07, 6.45) is 4.19. The monoisotopic (exact) mass is 419 g/mol. The van der Waals surface area contributed by atoms with Crippen molar-refractivity contribution in [3.63, 3.8) is 0 Å².